The molecule has 2 unspecified atom stereocenters. The lowest BCUT2D eigenvalue weighted by atomic mass is 10.00. The average Bonchev–Trinajstić information content (AvgIpc) is 3.90. The van der Waals surface area contributed by atoms with E-state index < -0.39 is 52.0 Å². The predicted octanol–water partition coefficient (Wildman–Crippen LogP) is 0.228. The predicted molar refractivity (Wildman–Crippen MR) is 188 cm³/mol. The number of rotatable bonds is 10. The van der Waals surface area contributed by atoms with Gasteiger partial charge in [0.2, 0.25) is 23.0 Å². The number of quaternary nitrogens is 1. The van der Waals surface area contributed by atoms with Crippen molar-refractivity contribution in [2.45, 2.75) is 49.7 Å². The van der Waals surface area contributed by atoms with Gasteiger partial charge in [-0.3, -0.25) is 19.3 Å². The first-order chi connectivity index (χ1) is 25.2. The number of fused-ring (bicyclic) bond motifs is 2. The number of nitrogens with one attached hydrogen (secondary N) is 2. The van der Waals surface area contributed by atoms with Crippen LogP contribution in [0.3, 0.4) is 0 Å². The molecule has 0 bridgehead atoms. The molecule has 280 valence electrons. The molecule has 53 heavy (non-hydrogen) atoms. The minimum atomic E-state index is -1.79. The van der Waals surface area contributed by atoms with Crippen molar-refractivity contribution in [1.82, 2.24) is 45.1 Å². The van der Waals surface area contributed by atoms with Gasteiger partial charge in [0.15, 0.2) is 16.6 Å². The van der Waals surface area contributed by atoms with E-state index in [-0.39, 0.29) is 39.3 Å². The van der Waals surface area contributed by atoms with Crippen LogP contribution < -0.4 is 11.1 Å². The van der Waals surface area contributed by atoms with Crippen LogP contribution in [0.25, 0.3) is 5.70 Å². The maximum absolute atomic E-state index is 13.9. The summed E-state index contributed by atoms with van der Waals surface area (Å²) in [4.78, 5) is 64.9. The number of carboxylic acid groups (broad SMARTS) is 1. The Kier molecular flexibility index (Phi) is 9.41. The molecular weight excluding hydrogens is 756 g/mol. The molecule has 0 radical (unpaired) electrons. The van der Waals surface area contributed by atoms with Crippen molar-refractivity contribution in [2.75, 3.05) is 44.2 Å². The average molecular weight is 790 g/mol. The van der Waals surface area contributed by atoms with Gasteiger partial charge in [-0.25, -0.2) is 4.79 Å². The molecule has 1 aromatic carbocycles. The minimum absolute atomic E-state index is 0.0383. The van der Waals surface area contributed by atoms with E-state index in [4.69, 9.17) is 22.2 Å². The number of nitrogens with two attached hydrogens (primary N) is 1. The van der Waals surface area contributed by atoms with Crippen LogP contribution in [0.15, 0.2) is 22.9 Å². The largest absolute Gasteiger partial charge is 0.504 e. The molecule has 3 aromatic rings. The Balaban J connectivity index is 1.11. The third-order valence-electron chi connectivity index (χ3n) is 9.88. The molecule has 4 aliphatic heterocycles. The van der Waals surface area contributed by atoms with Crippen molar-refractivity contribution < 1.29 is 43.8 Å². The van der Waals surface area contributed by atoms with Gasteiger partial charge in [0.05, 0.1) is 36.9 Å². The molecule has 6 heterocycles. The lowest BCUT2D eigenvalue weighted by molar-refractivity contribution is -0.938. The molecule has 0 aliphatic carbocycles. The number of benzene rings is 1. The van der Waals surface area contributed by atoms with E-state index in [1.807, 2.05) is 0 Å². The number of aromatic nitrogens is 6. The van der Waals surface area contributed by atoms with Crippen LogP contribution >= 0.6 is 34.9 Å². The van der Waals surface area contributed by atoms with E-state index in [2.05, 4.69) is 40.5 Å². The maximum Gasteiger partial charge on any atom is 0.350 e. The first kappa shape index (κ1) is 36.3. The number of amides is 3. The van der Waals surface area contributed by atoms with Gasteiger partial charge in [0, 0.05) is 41.3 Å². The number of carbonyl (C=O) groups excluding carboxylic acids is 3. The molecule has 4 aliphatic rings. The molecule has 3 fully saturated rings. The lowest BCUT2D eigenvalue weighted by Gasteiger charge is -2.52. The van der Waals surface area contributed by atoms with Gasteiger partial charge in [-0.15, -0.1) is 22.0 Å². The number of carboxylic acids is 1. The Morgan fingerprint density at radius 3 is 2.74 bits per heavy atom. The minimum Gasteiger partial charge on any atom is -0.504 e. The Labute approximate surface area is 313 Å². The number of anilines is 1. The number of β-lactam (4-membered cyclic amide) rings is 1. The SMILES string of the molecule is CC(C)(O/N=C(\C(=O)N[C@@H]1C(=O)N2C(c3nn[nH]n3)=C(C[N+]34CCCC3CN(C(=O)c3cc(O)c(O)c(Cl)c3)CC4)CS[C@H]12)c1nsc(N)n1)C(=O)O. The number of nitrogen functional groups attached to an aromatic ring is 1. The quantitative estimate of drug-likeness (QED) is 0.0527. The standard InChI is InChI=1S/C30H33ClN12O8S2/c1-30(2,28(49)50)51-37-18(22-34-29(32)53-38-22)24(46)33-19-26(48)42-20(23-35-39-40-36-23)14(12-52-27(19)42)11-43-6-3-4-15(43)10-41(5-7-43)25(47)13-8-16(31)21(45)17(44)9-13/h8-9,15,19,27H,3-7,10-12H2,1-2H3,(H6-,32,33,34,35,36,37,38,39,40,44,45,46,47,49,50)/p+1/t15?,19-,27-,43?/m1/s1. The second-order valence-corrected chi connectivity index (χ2v) is 15.8. The highest BCUT2D eigenvalue weighted by Crippen LogP contribution is 2.45. The number of aromatic hydroxyl groups is 2. The second kappa shape index (κ2) is 13.7. The zero-order valence-electron chi connectivity index (χ0n) is 28.2. The fourth-order valence-corrected chi connectivity index (χ4v) is 9.05. The number of phenolic OH excluding ortho intramolecular Hbond substituents is 2. The van der Waals surface area contributed by atoms with Crippen LogP contribution in [0, 0.1) is 0 Å². The number of piperazine rings is 1. The molecule has 7 rings (SSSR count). The molecule has 4 atom stereocenters. The Bertz CT molecular complexity index is 2040. The van der Waals surface area contributed by atoms with Crippen LogP contribution in [0.2, 0.25) is 5.02 Å². The number of halogens is 1. The van der Waals surface area contributed by atoms with Crippen LogP contribution in [-0.2, 0) is 19.2 Å². The number of tetrazole rings is 1. The number of nitrogens with zero attached hydrogens (tertiary/aromatic N) is 9. The van der Waals surface area contributed by atoms with Crippen LogP contribution in [-0.4, -0.2) is 151 Å². The Hall–Kier alpha value is -5.06. The zero-order chi connectivity index (χ0) is 37.8. The summed E-state index contributed by atoms with van der Waals surface area (Å²) in [6.07, 6.45) is 1.81. The topological polar surface area (TPSA) is 275 Å². The van der Waals surface area contributed by atoms with Crippen LogP contribution in [0.4, 0.5) is 5.13 Å². The number of carbonyl (C=O) groups is 4. The van der Waals surface area contributed by atoms with Gasteiger partial charge in [-0.05, 0) is 31.2 Å². The highest BCUT2D eigenvalue weighted by molar-refractivity contribution is 8.00. The van der Waals surface area contributed by atoms with Crippen molar-refractivity contribution in [3.8, 4) is 11.5 Å². The van der Waals surface area contributed by atoms with E-state index in [9.17, 15) is 34.5 Å². The lowest BCUT2D eigenvalue weighted by Crippen LogP contribution is -2.70. The summed E-state index contributed by atoms with van der Waals surface area (Å²) >= 11 is 8.29. The van der Waals surface area contributed by atoms with Gasteiger partial charge in [-0.2, -0.15) is 14.6 Å². The number of aliphatic carboxylic acids is 1. The van der Waals surface area contributed by atoms with Gasteiger partial charge < -0.3 is 40.6 Å². The zero-order valence-corrected chi connectivity index (χ0v) is 30.6. The highest BCUT2D eigenvalue weighted by atomic mass is 35.5. The van der Waals surface area contributed by atoms with Crippen LogP contribution in [0.5, 0.6) is 11.5 Å². The number of thioether (sulfide) groups is 1. The number of hydrogen-bond acceptors (Lipinski definition) is 16. The molecule has 3 saturated heterocycles. The number of oxime groups is 1. The van der Waals surface area contributed by atoms with Crippen molar-refractivity contribution >= 4 is 75.1 Å². The molecule has 23 heteroatoms. The molecular formula is C30H34ClN12O8S2+. The van der Waals surface area contributed by atoms with Crippen molar-refractivity contribution in [1.29, 1.82) is 0 Å². The number of phenols is 2. The van der Waals surface area contributed by atoms with Gasteiger partial charge >= 0.3 is 5.97 Å². The molecule has 3 amide bonds. The van der Waals surface area contributed by atoms with Gasteiger partial charge in [-0.1, -0.05) is 16.8 Å². The van der Waals surface area contributed by atoms with Gasteiger partial charge in [0.1, 0.15) is 24.0 Å². The summed E-state index contributed by atoms with van der Waals surface area (Å²) in [6.45, 7) is 5.46. The van der Waals surface area contributed by atoms with Gasteiger partial charge in [0.25, 0.3) is 17.7 Å². The molecule has 0 spiro atoms. The fraction of sp³-hybridized carbons (Fsp3) is 0.467. The molecule has 20 nitrogen and oxygen atoms in total. The Morgan fingerprint density at radius 2 is 2.06 bits per heavy atom. The van der Waals surface area contributed by atoms with E-state index in [1.54, 1.807) is 9.80 Å². The summed E-state index contributed by atoms with van der Waals surface area (Å²) in [7, 11) is 0. The van der Waals surface area contributed by atoms with Crippen molar-refractivity contribution in [2.24, 2.45) is 5.16 Å². The van der Waals surface area contributed by atoms with E-state index in [0.717, 1.165) is 36.5 Å². The first-order valence-electron chi connectivity index (χ1n) is 16.4. The van der Waals surface area contributed by atoms with E-state index in [0.29, 0.717) is 42.1 Å². The van der Waals surface area contributed by atoms with E-state index >= 15 is 0 Å². The summed E-state index contributed by atoms with van der Waals surface area (Å²) in [5, 5.41) is 49.8. The summed E-state index contributed by atoms with van der Waals surface area (Å²) in [6, 6.07) is 1.64. The number of aromatic amines is 1. The summed E-state index contributed by atoms with van der Waals surface area (Å²) in [5.74, 6) is -3.36. The van der Waals surface area contributed by atoms with Crippen molar-refractivity contribution in [3.05, 3.63) is 39.9 Å². The smallest absolute Gasteiger partial charge is 0.350 e. The number of H-pyrrole nitrogens is 1. The summed E-state index contributed by atoms with van der Waals surface area (Å²) < 4.78 is 4.70. The summed E-state index contributed by atoms with van der Waals surface area (Å²) in [5.41, 5.74) is 5.08. The maximum atomic E-state index is 13.9. The van der Waals surface area contributed by atoms with Crippen molar-refractivity contribution in [3.63, 3.8) is 0 Å². The third kappa shape index (κ3) is 6.59. The fourth-order valence-electron chi connectivity index (χ4n) is 7.07. The van der Waals surface area contributed by atoms with Crippen LogP contribution in [0.1, 0.15) is 48.7 Å². The molecule has 7 N–H and O–H groups in total. The normalized spacial score (nSPS) is 24.4. The third-order valence-corrected chi connectivity index (χ3v) is 12.1. The molecule has 2 aromatic heterocycles. The first-order valence-corrected chi connectivity index (χ1v) is 18.6. The molecule has 0 saturated carbocycles. The highest BCUT2D eigenvalue weighted by Gasteiger charge is 2.56. The monoisotopic (exact) mass is 789 g/mol. The Morgan fingerprint density at radius 1 is 1.26 bits per heavy atom. The van der Waals surface area contributed by atoms with E-state index in [1.165, 1.54) is 37.7 Å². The second-order valence-electron chi connectivity index (χ2n) is 13.5. The number of hydrogen-bond donors (Lipinski definition) is 6.